The number of ether oxygens (including phenoxy) is 1. The molecule has 1 atom stereocenters. The molecule has 0 bridgehead atoms. The second kappa shape index (κ2) is 14.2. The number of amidine groups is 1. The summed E-state index contributed by atoms with van der Waals surface area (Å²) >= 11 is 0. The number of nitrogens with one attached hydrogen (secondary N) is 3. The molecule has 47 heavy (non-hydrogen) atoms. The van der Waals surface area contributed by atoms with E-state index in [0.717, 1.165) is 63.1 Å². The van der Waals surface area contributed by atoms with Crippen LogP contribution in [0.4, 0.5) is 5.69 Å². The molecule has 3 fully saturated rings. The predicted molar refractivity (Wildman–Crippen MR) is 183 cm³/mol. The molecule has 0 aliphatic carbocycles. The van der Waals surface area contributed by atoms with Crippen molar-refractivity contribution in [2.24, 2.45) is 5.73 Å². The minimum absolute atomic E-state index is 0.0227. The number of hydrogen-bond donors (Lipinski definition) is 5. The molecule has 1 unspecified atom stereocenters. The minimum atomic E-state index is -0.627. The van der Waals surface area contributed by atoms with Gasteiger partial charge in [-0.05, 0) is 98.3 Å². The lowest BCUT2D eigenvalue weighted by Gasteiger charge is -2.42. The summed E-state index contributed by atoms with van der Waals surface area (Å²) in [5.74, 6) is 0.403. The third kappa shape index (κ3) is 7.55. The molecule has 3 aromatic rings. The van der Waals surface area contributed by atoms with Crippen LogP contribution in [-0.4, -0.2) is 71.7 Å². The van der Waals surface area contributed by atoms with Crippen molar-refractivity contribution in [2.45, 2.75) is 56.6 Å². The highest BCUT2D eigenvalue weighted by Crippen LogP contribution is 2.33. The summed E-state index contributed by atoms with van der Waals surface area (Å²) in [6.45, 7) is 4.12. The molecule has 3 saturated heterocycles. The third-order valence-electron chi connectivity index (χ3n) is 9.65. The van der Waals surface area contributed by atoms with Crippen LogP contribution in [-0.2, 0) is 9.59 Å². The summed E-state index contributed by atoms with van der Waals surface area (Å²) in [6, 6.07) is 23.4. The third-order valence-corrected chi connectivity index (χ3v) is 9.65. The molecule has 3 aromatic carbocycles. The van der Waals surface area contributed by atoms with Gasteiger partial charge in [-0.1, -0.05) is 36.4 Å². The summed E-state index contributed by atoms with van der Waals surface area (Å²) in [5.41, 5.74) is 10.1. The summed E-state index contributed by atoms with van der Waals surface area (Å²) in [5, 5.41) is 29.0. The Morgan fingerprint density at radius 2 is 1.55 bits per heavy atom. The molecule has 10 heteroatoms. The average Bonchev–Trinajstić information content (AvgIpc) is 3.09. The van der Waals surface area contributed by atoms with Gasteiger partial charge in [0.25, 0.3) is 5.91 Å². The van der Waals surface area contributed by atoms with Crippen LogP contribution in [0, 0.1) is 10.8 Å². The van der Waals surface area contributed by atoms with E-state index in [1.807, 2.05) is 36.4 Å². The van der Waals surface area contributed by atoms with E-state index in [1.54, 1.807) is 30.3 Å². The molecule has 2 amide bonds. The SMILES string of the molecule is N=C(N)/C(=C\C(=N)c1ccccc1O)c1ccc(C2CCN(C3CCN(c4ccc(OC5CCC(=O)NC5=O)cc4)CC3)CC2)cc1. The van der Waals surface area contributed by atoms with Crippen molar-refractivity contribution in [3.8, 4) is 11.5 Å². The number of piperidine rings is 3. The number of rotatable bonds is 9. The fraction of sp³-hybridized carbons (Fsp3) is 0.351. The molecule has 0 saturated carbocycles. The maximum absolute atomic E-state index is 12.0. The van der Waals surface area contributed by atoms with Crippen molar-refractivity contribution in [3.63, 3.8) is 0 Å². The van der Waals surface area contributed by atoms with E-state index >= 15 is 0 Å². The Hall–Kier alpha value is -4.96. The Morgan fingerprint density at radius 3 is 2.19 bits per heavy atom. The highest BCUT2D eigenvalue weighted by Gasteiger charge is 2.30. The van der Waals surface area contributed by atoms with Gasteiger partial charge >= 0.3 is 0 Å². The Morgan fingerprint density at radius 1 is 0.872 bits per heavy atom. The summed E-state index contributed by atoms with van der Waals surface area (Å²) in [4.78, 5) is 28.5. The van der Waals surface area contributed by atoms with Gasteiger partial charge in [0, 0.05) is 48.8 Å². The number of phenolic OH excluding ortho intramolecular Hbond substituents is 1. The zero-order chi connectivity index (χ0) is 32.9. The first-order valence-corrected chi connectivity index (χ1v) is 16.4. The molecule has 6 N–H and O–H groups in total. The summed E-state index contributed by atoms with van der Waals surface area (Å²) < 4.78 is 5.83. The van der Waals surface area contributed by atoms with Gasteiger partial charge in [-0.3, -0.25) is 20.3 Å². The van der Waals surface area contributed by atoms with Gasteiger partial charge in [0.2, 0.25) is 5.91 Å². The van der Waals surface area contributed by atoms with E-state index in [4.69, 9.17) is 21.3 Å². The van der Waals surface area contributed by atoms with Crippen LogP contribution in [0.25, 0.3) is 5.57 Å². The van der Waals surface area contributed by atoms with Gasteiger partial charge in [0.15, 0.2) is 6.10 Å². The number of amides is 2. The Labute approximate surface area is 275 Å². The van der Waals surface area contributed by atoms with Gasteiger partial charge in [-0.25, -0.2) is 0 Å². The molecular weight excluding hydrogens is 592 g/mol. The first-order valence-electron chi connectivity index (χ1n) is 16.4. The minimum Gasteiger partial charge on any atom is -0.507 e. The highest BCUT2D eigenvalue weighted by molar-refractivity contribution is 6.27. The number of anilines is 1. The number of phenols is 1. The van der Waals surface area contributed by atoms with Crippen molar-refractivity contribution in [1.82, 2.24) is 10.2 Å². The molecule has 3 aliphatic heterocycles. The fourth-order valence-electron chi connectivity index (χ4n) is 6.95. The maximum atomic E-state index is 12.0. The van der Waals surface area contributed by atoms with Gasteiger partial charge in [-0.15, -0.1) is 0 Å². The van der Waals surface area contributed by atoms with E-state index in [1.165, 1.54) is 5.56 Å². The van der Waals surface area contributed by atoms with Crippen LogP contribution < -0.4 is 20.7 Å². The average molecular weight is 635 g/mol. The van der Waals surface area contributed by atoms with E-state index in [2.05, 4.69) is 27.2 Å². The van der Waals surface area contributed by atoms with Crippen molar-refractivity contribution in [2.75, 3.05) is 31.1 Å². The van der Waals surface area contributed by atoms with Gasteiger partial charge in [-0.2, -0.15) is 0 Å². The Kier molecular flexibility index (Phi) is 9.68. The van der Waals surface area contributed by atoms with Crippen LogP contribution in [0.2, 0.25) is 0 Å². The molecule has 244 valence electrons. The van der Waals surface area contributed by atoms with Crippen LogP contribution >= 0.6 is 0 Å². The zero-order valence-electron chi connectivity index (χ0n) is 26.5. The lowest BCUT2D eigenvalue weighted by Crippen LogP contribution is -2.47. The molecule has 3 aliphatic rings. The zero-order valence-corrected chi connectivity index (χ0v) is 26.5. The molecule has 6 rings (SSSR count). The first kappa shape index (κ1) is 32.0. The Bertz CT molecular complexity index is 1650. The maximum Gasteiger partial charge on any atom is 0.267 e. The molecule has 0 aromatic heterocycles. The second-order valence-electron chi connectivity index (χ2n) is 12.6. The normalized spacial score (nSPS) is 20.1. The monoisotopic (exact) mass is 634 g/mol. The standard InChI is InChI=1S/C37H42N6O4/c38-32(30-3-1-2-4-33(30)44)23-31(36(39)40)26-7-5-24(6-8-26)25-15-19-42(20-16-25)28-17-21-43(22-18-28)27-9-11-29(12-10-27)47-34-13-14-35(45)41-37(34)46/h1-12,23,25,28,34,38,44H,13-22H2,(H3,39,40)(H,41,45,46)/b31-23-,38-32?. The number of carbonyl (C=O) groups excluding carboxylic acids is 2. The topological polar surface area (TPSA) is 156 Å². The second-order valence-corrected chi connectivity index (χ2v) is 12.6. The summed E-state index contributed by atoms with van der Waals surface area (Å²) in [7, 11) is 0. The van der Waals surface area contributed by atoms with E-state index in [0.29, 0.717) is 41.7 Å². The van der Waals surface area contributed by atoms with Gasteiger partial charge < -0.3 is 30.8 Å². The number of allylic oxidation sites excluding steroid dienone is 1. The van der Waals surface area contributed by atoms with Crippen molar-refractivity contribution >= 4 is 34.6 Å². The van der Waals surface area contributed by atoms with E-state index in [9.17, 15) is 14.7 Å². The predicted octanol–water partition coefficient (Wildman–Crippen LogP) is 4.81. The number of nitrogens with two attached hydrogens (primary N) is 1. The van der Waals surface area contributed by atoms with E-state index in [-0.39, 0.29) is 29.1 Å². The van der Waals surface area contributed by atoms with Crippen LogP contribution in [0.3, 0.4) is 0 Å². The smallest absolute Gasteiger partial charge is 0.267 e. The number of nitrogens with zero attached hydrogens (tertiary/aromatic N) is 2. The number of hydrogen-bond acceptors (Lipinski definition) is 8. The summed E-state index contributed by atoms with van der Waals surface area (Å²) in [6.07, 6.45) is 6.05. The van der Waals surface area contributed by atoms with Crippen LogP contribution in [0.15, 0.2) is 78.9 Å². The van der Waals surface area contributed by atoms with Crippen molar-refractivity contribution < 1.29 is 19.4 Å². The first-order chi connectivity index (χ1) is 22.7. The lowest BCUT2D eigenvalue weighted by atomic mass is 9.87. The van der Waals surface area contributed by atoms with Crippen molar-refractivity contribution in [1.29, 1.82) is 10.8 Å². The van der Waals surface area contributed by atoms with E-state index < -0.39 is 6.10 Å². The number of benzene rings is 3. The number of para-hydroxylation sites is 1. The number of imide groups is 1. The highest BCUT2D eigenvalue weighted by atomic mass is 16.5. The quantitative estimate of drug-likeness (QED) is 0.128. The molecule has 0 spiro atoms. The number of likely N-dealkylation sites (tertiary alicyclic amines) is 1. The molecule has 0 radical (unpaired) electrons. The molecular formula is C37H42N6O4. The van der Waals surface area contributed by atoms with Gasteiger partial charge in [0.05, 0.1) is 5.71 Å². The van der Waals surface area contributed by atoms with Crippen LogP contribution in [0.5, 0.6) is 11.5 Å². The van der Waals surface area contributed by atoms with Gasteiger partial charge in [0.1, 0.15) is 17.3 Å². The largest absolute Gasteiger partial charge is 0.507 e. The molecule has 3 heterocycles. The number of carbonyl (C=O) groups is 2. The number of aromatic hydroxyl groups is 1. The molecule has 10 nitrogen and oxygen atoms in total. The lowest BCUT2D eigenvalue weighted by molar-refractivity contribution is -0.138. The van der Waals surface area contributed by atoms with Crippen molar-refractivity contribution in [3.05, 3.63) is 95.6 Å². The van der Waals surface area contributed by atoms with Crippen LogP contribution in [0.1, 0.15) is 61.1 Å². The fourth-order valence-corrected chi connectivity index (χ4v) is 6.95. The Balaban J connectivity index is 0.983.